The normalized spacial score (nSPS) is 14.1. The quantitative estimate of drug-likeness (QED) is 0.865. The van der Waals surface area contributed by atoms with Crippen molar-refractivity contribution < 1.29 is 14.1 Å². The van der Waals surface area contributed by atoms with E-state index < -0.39 is 16.8 Å². The number of carboxylic acid groups (broad SMARTS) is 1. The molecule has 0 spiro atoms. The molecular formula is C11H14ClNO3S. The van der Waals surface area contributed by atoms with Gasteiger partial charge in [0.15, 0.2) is 0 Å². The third kappa shape index (κ3) is 4.02. The minimum absolute atomic E-state index is 0.0596. The summed E-state index contributed by atoms with van der Waals surface area (Å²) in [7, 11) is -0.950. The van der Waals surface area contributed by atoms with E-state index in [0.29, 0.717) is 17.3 Å². The van der Waals surface area contributed by atoms with Gasteiger partial charge in [-0.25, -0.2) is 4.79 Å². The van der Waals surface area contributed by atoms with Crippen LogP contribution in [0.15, 0.2) is 18.2 Å². The lowest BCUT2D eigenvalue weighted by Crippen LogP contribution is -2.21. The molecule has 0 bridgehead atoms. The van der Waals surface area contributed by atoms with Crippen LogP contribution in [0.4, 0.5) is 5.69 Å². The summed E-state index contributed by atoms with van der Waals surface area (Å²) in [6.07, 6.45) is 1.61. The second kappa shape index (κ2) is 6.02. The largest absolute Gasteiger partial charge is 0.478 e. The molecule has 0 aliphatic rings. The molecule has 0 heterocycles. The van der Waals surface area contributed by atoms with Crippen molar-refractivity contribution in [3.63, 3.8) is 0 Å². The molecule has 2 atom stereocenters. The van der Waals surface area contributed by atoms with Gasteiger partial charge in [0, 0.05) is 33.9 Å². The topological polar surface area (TPSA) is 66.4 Å². The number of carbonyl (C=O) groups is 1. The monoisotopic (exact) mass is 275 g/mol. The van der Waals surface area contributed by atoms with E-state index in [-0.39, 0.29) is 10.8 Å². The first-order chi connectivity index (χ1) is 7.91. The summed E-state index contributed by atoms with van der Waals surface area (Å²) in [5, 5.41) is 12.3. The van der Waals surface area contributed by atoms with E-state index in [1.165, 1.54) is 12.1 Å². The number of anilines is 1. The lowest BCUT2D eigenvalue weighted by atomic mass is 10.2. The van der Waals surface area contributed by atoms with Crippen LogP contribution in [-0.4, -0.2) is 33.3 Å². The molecule has 6 heteroatoms. The summed E-state index contributed by atoms with van der Waals surface area (Å²) in [5.41, 5.74) is 0.603. The number of hydrogen-bond donors (Lipinski definition) is 2. The van der Waals surface area contributed by atoms with Crippen molar-refractivity contribution in [1.82, 2.24) is 0 Å². The van der Waals surface area contributed by atoms with Gasteiger partial charge in [0.1, 0.15) is 0 Å². The first-order valence-electron chi connectivity index (χ1n) is 5.00. The summed E-state index contributed by atoms with van der Waals surface area (Å²) >= 11 is 5.81. The van der Waals surface area contributed by atoms with E-state index in [0.717, 1.165) is 0 Å². The van der Waals surface area contributed by atoms with Gasteiger partial charge in [-0.2, -0.15) is 0 Å². The highest BCUT2D eigenvalue weighted by molar-refractivity contribution is 7.84. The van der Waals surface area contributed by atoms with Crippen molar-refractivity contribution in [2.75, 3.05) is 18.1 Å². The van der Waals surface area contributed by atoms with Crippen LogP contribution in [0, 0.1) is 0 Å². The molecule has 0 aromatic heterocycles. The Morgan fingerprint density at radius 2 is 2.24 bits per heavy atom. The Hall–Kier alpha value is -1.07. The predicted octanol–water partition coefficient (Wildman–Crippen LogP) is 2.22. The summed E-state index contributed by atoms with van der Waals surface area (Å²) < 4.78 is 11.2. The molecule has 17 heavy (non-hydrogen) atoms. The van der Waals surface area contributed by atoms with Gasteiger partial charge in [-0.05, 0) is 25.1 Å². The minimum Gasteiger partial charge on any atom is -0.478 e. The van der Waals surface area contributed by atoms with Crippen LogP contribution in [0.25, 0.3) is 0 Å². The highest BCUT2D eigenvalue weighted by atomic mass is 35.5. The smallest absolute Gasteiger partial charge is 0.337 e. The zero-order valence-electron chi connectivity index (χ0n) is 9.57. The summed E-state index contributed by atoms with van der Waals surface area (Å²) in [6, 6.07) is 4.52. The number of rotatable bonds is 5. The third-order valence-electron chi connectivity index (χ3n) is 2.36. The van der Waals surface area contributed by atoms with Crippen LogP contribution < -0.4 is 5.32 Å². The van der Waals surface area contributed by atoms with E-state index in [1.807, 2.05) is 6.92 Å². The predicted molar refractivity (Wildman–Crippen MR) is 70.4 cm³/mol. The third-order valence-corrected chi connectivity index (χ3v) is 3.89. The summed E-state index contributed by atoms with van der Waals surface area (Å²) in [5.74, 6) is -1.02. The van der Waals surface area contributed by atoms with Gasteiger partial charge in [0.2, 0.25) is 0 Å². The zero-order valence-corrected chi connectivity index (χ0v) is 11.1. The standard InChI is InChI=1S/C11H14ClNO3S/c1-7(17(2)16)6-13-10-5-8(12)3-4-9(10)11(14)15/h3-5,7,13H,6H2,1-2H3,(H,14,15). The molecule has 0 fully saturated rings. The van der Waals surface area contributed by atoms with Gasteiger partial charge in [-0.15, -0.1) is 0 Å². The second-order valence-electron chi connectivity index (χ2n) is 3.69. The van der Waals surface area contributed by atoms with E-state index in [4.69, 9.17) is 16.7 Å². The molecule has 0 saturated carbocycles. The molecule has 0 aliphatic carbocycles. The first kappa shape index (κ1) is 14.0. The number of benzene rings is 1. The zero-order chi connectivity index (χ0) is 13.0. The Morgan fingerprint density at radius 1 is 1.59 bits per heavy atom. The van der Waals surface area contributed by atoms with Crippen molar-refractivity contribution in [3.05, 3.63) is 28.8 Å². The van der Waals surface area contributed by atoms with Gasteiger partial charge in [-0.1, -0.05) is 11.6 Å². The molecule has 2 unspecified atom stereocenters. The van der Waals surface area contributed by atoms with E-state index in [9.17, 15) is 9.00 Å². The molecule has 94 valence electrons. The molecule has 2 N–H and O–H groups in total. The summed E-state index contributed by atoms with van der Waals surface area (Å²) in [6.45, 7) is 2.26. The number of hydrogen-bond acceptors (Lipinski definition) is 3. The van der Waals surface area contributed by atoms with Gasteiger partial charge in [-0.3, -0.25) is 4.21 Å². The Morgan fingerprint density at radius 3 is 2.76 bits per heavy atom. The fraction of sp³-hybridized carbons (Fsp3) is 0.364. The van der Waals surface area contributed by atoms with Crippen molar-refractivity contribution in [1.29, 1.82) is 0 Å². The lowest BCUT2D eigenvalue weighted by molar-refractivity contribution is 0.0698. The van der Waals surface area contributed by atoms with Gasteiger partial charge >= 0.3 is 5.97 Å². The average molecular weight is 276 g/mol. The van der Waals surface area contributed by atoms with Gasteiger partial charge < -0.3 is 10.4 Å². The van der Waals surface area contributed by atoms with E-state index in [1.54, 1.807) is 12.3 Å². The van der Waals surface area contributed by atoms with Gasteiger partial charge in [0.25, 0.3) is 0 Å². The van der Waals surface area contributed by atoms with Crippen molar-refractivity contribution in [3.8, 4) is 0 Å². The molecule has 0 saturated heterocycles. The first-order valence-corrected chi connectivity index (χ1v) is 7.00. The average Bonchev–Trinajstić information content (AvgIpc) is 2.25. The molecule has 1 aromatic carbocycles. The molecule has 4 nitrogen and oxygen atoms in total. The van der Waals surface area contributed by atoms with Crippen molar-refractivity contribution in [2.45, 2.75) is 12.2 Å². The fourth-order valence-electron chi connectivity index (χ4n) is 1.22. The molecule has 0 aliphatic heterocycles. The van der Waals surface area contributed by atoms with Crippen LogP contribution in [0.3, 0.4) is 0 Å². The Bertz CT molecular complexity index is 450. The maximum atomic E-state index is 11.2. The number of aromatic carboxylic acids is 1. The number of carboxylic acids is 1. The van der Waals surface area contributed by atoms with Crippen LogP contribution in [0.5, 0.6) is 0 Å². The highest BCUT2D eigenvalue weighted by Gasteiger charge is 2.12. The molecular weight excluding hydrogens is 262 g/mol. The Labute approximate surface area is 107 Å². The number of halogens is 1. The maximum Gasteiger partial charge on any atom is 0.337 e. The molecule has 1 aromatic rings. The van der Waals surface area contributed by atoms with E-state index >= 15 is 0 Å². The molecule has 1 rings (SSSR count). The van der Waals surface area contributed by atoms with E-state index in [2.05, 4.69) is 5.32 Å². The second-order valence-corrected chi connectivity index (χ2v) is 5.92. The van der Waals surface area contributed by atoms with Crippen LogP contribution in [0.2, 0.25) is 5.02 Å². The van der Waals surface area contributed by atoms with Crippen LogP contribution in [0.1, 0.15) is 17.3 Å². The van der Waals surface area contributed by atoms with Crippen molar-refractivity contribution in [2.24, 2.45) is 0 Å². The van der Waals surface area contributed by atoms with Gasteiger partial charge in [0.05, 0.1) is 11.3 Å². The summed E-state index contributed by atoms with van der Waals surface area (Å²) in [4.78, 5) is 11.0. The van der Waals surface area contributed by atoms with Crippen molar-refractivity contribution >= 4 is 34.1 Å². The number of nitrogens with one attached hydrogen (secondary N) is 1. The minimum atomic E-state index is -1.02. The molecule has 0 radical (unpaired) electrons. The van der Waals surface area contributed by atoms with Crippen LogP contribution in [-0.2, 0) is 10.8 Å². The highest BCUT2D eigenvalue weighted by Crippen LogP contribution is 2.21. The Balaban J connectivity index is 2.85. The fourth-order valence-corrected chi connectivity index (χ4v) is 1.71. The SMILES string of the molecule is CC(CNc1cc(Cl)ccc1C(=O)O)S(C)=O. The molecule has 0 amide bonds. The van der Waals surface area contributed by atoms with Crippen LogP contribution >= 0.6 is 11.6 Å². The lowest BCUT2D eigenvalue weighted by Gasteiger charge is -2.13. The maximum absolute atomic E-state index is 11.2. The Kier molecular flexibility index (Phi) is 4.96.